The summed E-state index contributed by atoms with van der Waals surface area (Å²) < 4.78 is 5.34. The van der Waals surface area contributed by atoms with Crippen molar-refractivity contribution in [3.63, 3.8) is 0 Å². The van der Waals surface area contributed by atoms with Gasteiger partial charge in [0.1, 0.15) is 0 Å². The maximum atomic E-state index is 12.7. The predicted molar refractivity (Wildman–Crippen MR) is 129 cm³/mol. The zero-order chi connectivity index (χ0) is 22.9. The third-order valence-corrected chi connectivity index (χ3v) is 6.22. The molecule has 7 nitrogen and oxygen atoms in total. The van der Waals surface area contributed by atoms with Crippen LogP contribution in [-0.2, 0) is 22.6 Å². The van der Waals surface area contributed by atoms with Crippen LogP contribution in [0.15, 0.2) is 48.5 Å². The summed E-state index contributed by atoms with van der Waals surface area (Å²) in [5.41, 5.74) is 3.55. The highest BCUT2D eigenvalue weighted by molar-refractivity contribution is 5.94. The van der Waals surface area contributed by atoms with Gasteiger partial charge in [0.2, 0.25) is 5.91 Å². The van der Waals surface area contributed by atoms with Crippen LogP contribution in [0.4, 0.5) is 5.69 Å². The van der Waals surface area contributed by atoms with Gasteiger partial charge in [-0.3, -0.25) is 19.4 Å². The summed E-state index contributed by atoms with van der Waals surface area (Å²) in [7, 11) is 0. The Morgan fingerprint density at radius 1 is 0.879 bits per heavy atom. The second kappa shape index (κ2) is 11.9. The van der Waals surface area contributed by atoms with Crippen molar-refractivity contribution in [3.05, 3.63) is 65.2 Å². The van der Waals surface area contributed by atoms with Gasteiger partial charge >= 0.3 is 0 Å². The lowest BCUT2D eigenvalue weighted by Gasteiger charge is -2.26. The molecule has 0 aromatic heterocycles. The molecule has 0 unspecified atom stereocenters. The Kier molecular flexibility index (Phi) is 8.47. The van der Waals surface area contributed by atoms with Crippen molar-refractivity contribution in [2.75, 3.05) is 51.3 Å². The molecule has 0 saturated carbocycles. The van der Waals surface area contributed by atoms with Crippen LogP contribution in [0, 0.1) is 0 Å². The van der Waals surface area contributed by atoms with Crippen LogP contribution in [0.3, 0.4) is 0 Å². The highest BCUT2D eigenvalue weighted by atomic mass is 16.5. The number of amides is 2. The summed E-state index contributed by atoms with van der Waals surface area (Å²) in [6, 6.07) is 15.5. The normalized spacial score (nSPS) is 17.1. The van der Waals surface area contributed by atoms with E-state index in [2.05, 4.69) is 26.5 Å². The second-order valence-electron chi connectivity index (χ2n) is 8.82. The van der Waals surface area contributed by atoms with Gasteiger partial charge in [0.05, 0.1) is 13.2 Å². The van der Waals surface area contributed by atoms with Gasteiger partial charge in [-0.25, -0.2) is 0 Å². The van der Waals surface area contributed by atoms with Crippen molar-refractivity contribution in [3.8, 4) is 0 Å². The maximum absolute atomic E-state index is 12.7. The molecule has 2 amide bonds. The summed E-state index contributed by atoms with van der Waals surface area (Å²) >= 11 is 0. The van der Waals surface area contributed by atoms with Crippen LogP contribution in [0.25, 0.3) is 0 Å². The Balaban J connectivity index is 1.25. The molecule has 7 heteroatoms. The summed E-state index contributed by atoms with van der Waals surface area (Å²) in [6.45, 7) is 7.54. The van der Waals surface area contributed by atoms with Gasteiger partial charge in [-0.15, -0.1) is 0 Å². The zero-order valence-corrected chi connectivity index (χ0v) is 19.2. The minimum atomic E-state index is -0.0850. The fourth-order valence-electron chi connectivity index (χ4n) is 4.36. The highest BCUT2D eigenvalue weighted by Gasteiger charge is 2.14. The number of carbonyl (C=O) groups is 2. The Labute approximate surface area is 196 Å². The molecule has 2 N–H and O–H groups in total. The predicted octanol–water partition coefficient (Wildman–Crippen LogP) is 2.87. The van der Waals surface area contributed by atoms with Gasteiger partial charge < -0.3 is 15.4 Å². The number of hydrogen-bond donors (Lipinski definition) is 2. The fraction of sp³-hybridized carbons (Fsp3) is 0.462. The largest absolute Gasteiger partial charge is 0.379 e. The number of nitrogens with one attached hydrogen (secondary N) is 2. The van der Waals surface area contributed by atoms with Gasteiger partial charge in [0.15, 0.2) is 0 Å². The van der Waals surface area contributed by atoms with E-state index in [9.17, 15) is 9.59 Å². The van der Waals surface area contributed by atoms with Gasteiger partial charge in [0.25, 0.3) is 5.91 Å². The van der Waals surface area contributed by atoms with Crippen molar-refractivity contribution < 1.29 is 14.3 Å². The minimum Gasteiger partial charge on any atom is -0.379 e. The summed E-state index contributed by atoms with van der Waals surface area (Å²) in [5, 5.41) is 5.97. The standard InChI is InChI=1S/C26H34N4O3/c31-25(9-12-29-13-15-33-16-14-29)28-24-8-4-5-21(18-24)19-27-26(32)23-7-3-6-22(17-23)20-30-10-1-2-11-30/h3-8,17-18H,1-2,9-16,19-20H2,(H,27,32)(H,28,31). The molecule has 0 spiro atoms. The third kappa shape index (κ3) is 7.39. The van der Waals surface area contributed by atoms with Crippen LogP contribution in [0.2, 0.25) is 0 Å². The van der Waals surface area contributed by atoms with E-state index in [0.29, 0.717) is 18.5 Å². The molecule has 2 saturated heterocycles. The number of nitrogens with zero attached hydrogens (tertiary/aromatic N) is 2. The summed E-state index contributed by atoms with van der Waals surface area (Å²) in [4.78, 5) is 29.7. The molecule has 0 atom stereocenters. The number of anilines is 1. The number of rotatable bonds is 9. The zero-order valence-electron chi connectivity index (χ0n) is 19.2. The molecule has 0 bridgehead atoms. The molecule has 2 aliphatic heterocycles. The molecular weight excluding hydrogens is 416 g/mol. The SMILES string of the molecule is O=C(CCN1CCOCC1)Nc1cccc(CNC(=O)c2cccc(CN3CCCC3)c2)c1. The van der Waals surface area contributed by atoms with E-state index in [1.54, 1.807) is 0 Å². The van der Waals surface area contributed by atoms with E-state index in [1.807, 2.05) is 42.5 Å². The van der Waals surface area contributed by atoms with Crippen molar-refractivity contribution in [1.82, 2.24) is 15.1 Å². The van der Waals surface area contributed by atoms with Crippen molar-refractivity contribution in [2.45, 2.75) is 32.4 Å². The van der Waals surface area contributed by atoms with E-state index in [4.69, 9.17) is 4.74 Å². The summed E-state index contributed by atoms with van der Waals surface area (Å²) in [6.07, 6.45) is 2.97. The van der Waals surface area contributed by atoms with E-state index < -0.39 is 0 Å². The van der Waals surface area contributed by atoms with Crippen LogP contribution in [0.1, 0.15) is 40.7 Å². The van der Waals surface area contributed by atoms with E-state index in [1.165, 1.54) is 18.4 Å². The van der Waals surface area contributed by atoms with Crippen molar-refractivity contribution in [1.29, 1.82) is 0 Å². The maximum Gasteiger partial charge on any atom is 0.251 e. The van der Waals surface area contributed by atoms with Crippen LogP contribution >= 0.6 is 0 Å². The molecule has 2 aromatic carbocycles. The number of ether oxygens (including phenoxy) is 1. The molecule has 2 fully saturated rings. The first-order valence-corrected chi connectivity index (χ1v) is 11.9. The number of carbonyl (C=O) groups excluding carboxylic acids is 2. The first-order chi connectivity index (χ1) is 16.2. The van der Waals surface area contributed by atoms with E-state index >= 15 is 0 Å². The molecule has 2 heterocycles. The second-order valence-corrected chi connectivity index (χ2v) is 8.82. The Morgan fingerprint density at radius 2 is 1.64 bits per heavy atom. The van der Waals surface area contributed by atoms with E-state index in [0.717, 1.165) is 63.7 Å². The lowest BCUT2D eigenvalue weighted by Crippen LogP contribution is -2.38. The Morgan fingerprint density at radius 3 is 2.45 bits per heavy atom. The average molecular weight is 451 g/mol. The number of hydrogen-bond acceptors (Lipinski definition) is 5. The third-order valence-electron chi connectivity index (χ3n) is 6.22. The molecule has 0 aliphatic carbocycles. The van der Waals surface area contributed by atoms with Crippen molar-refractivity contribution >= 4 is 17.5 Å². The van der Waals surface area contributed by atoms with Gasteiger partial charge in [-0.2, -0.15) is 0 Å². The van der Waals surface area contributed by atoms with Gasteiger partial charge in [-0.05, 0) is 61.3 Å². The average Bonchev–Trinajstić information content (AvgIpc) is 3.35. The Hall–Kier alpha value is -2.74. The molecular formula is C26H34N4O3. The molecule has 176 valence electrons. The number of benzene rings is 2. The van der Waals surface area contributed by atoms with Crippen LogP contribution < -0.4 is 10.6 Å². The molecule has 0 radical (unpaired) electrons. The Bertz CT molecular complexity index is 937. The highest BCUT2D eigenvalue weighted by Crippen LogP contribution is 2.15. The van der Waals surface area contributed by atoms with Gasteiger partial charge in [-0.1, -0.05) is 24.3 Å². The quantitative estimate of drug-likeness (QED) is 0.615. The smallest absolute Gasteiger partial charge is 0.251 e. The number of likely N-dealkylation sites (tertiary alicyclic amines) is 1. The first kappa shape index (κ1) is 23.4. The fourth-order valence-corrected chi connectivity index (χ4v) is 4.36. The monoisotopic (exact) mass is 450 g/mol. The first-order valence-electron chi connectivity index (χ1n) is 11.9. The van der Waals surface area contributed by atoms with E-state index in [-0.39, 0.29) is 11.8 Å². The lowest BCUT2D eigenvalue weighted by atomic mass is 10.1. The van der Waals surface area contributed by atoms with Crippen LogP contribution in [-0.4, -0.2) is 67.6 Å². The lowest BCUT2D eigenvalue weighted by molar-refractivity contribution is -0.116. The topological polar surface area (TPSA) is 73.9 Å². The molecule has 2 aromatic rings. The van der Waals surface area contributed by atoms with Gasteiger partial charge in [0, 0.05) is 50.4 Å². The molecule has 2 aliphatic rings. The summed E-state index contributed by atoms with van der Waals surface area (Å²) in [5.74, 6) is -0.0873. The molecule has 33 heavy (non-hydrogen) atoms. The number of morpholine rings is 1. The van der Waals surface area contributed by atoms with Crippen LogP contribution in [0.5, 0.6) is 0 Å². The van der Waals surface area contributed by atoms with Crippen molar-refractivity contribution in [2.24, 2.45) is 0 Å². The minimum absolute atomic E-state index is 0.00232. The molecule has 4 rings (SSSR count).